The molecule has 1 saturated heterocycles. The van der Waals surface area contributed by atoms with Gasteiger partial charge in [0.25, 0.3) is 0 Å². The molecule has 20 heavy (non-hydrogen) atoms. The van der Waals surface area contributed by atoms with Gasteiger partial charge in [0, 0.05) is 25.7 Å². The lowest BCUT2D eigenvalue weighted by Gasteiger charge is -2.31. The number of carboxylic acid groups (broad SMARTS) is 1. The van der Waals surface area contributed by atoms with Crippen LogP contribution in [0.5, 0.6) is 0 Å². The van der Waals surface area contributed by atoms with Crippen LogP contribution in [0.2, 0.25) is 0 Å². The van der Waals surface area contributed by atoms with Crippen LogP contribution in [0.15, 0.2) is 29.2 Å². The van der Waals surface area contributed by atoms with Gasteiger partial charge in [-0.3, -0.25) is 0 Å². The molecule has 1 amide bonds. The zero-order valence-corrected chi connectivity index (χ0v) is 11.4. The highest BCUT2D eigenvalue weighted by molar-refractivity contribution is 7.91. The van der Waals surface area contributed by atoms with Crippen LogP contribution < -0.4 is 5.32 Å². The zero-order chi connectivity index (χ0) is 14.8. The standard InChI is InChI=1S/C12H15FN2O4S/c13-9-2-1-3-11(6-9)20(18,19)8-10-7-15(12(16)17)5-4-14-10/h1-3,6,10,14H,4-5,7-8H2,(H,16,17)/t10-/m0/s1. The smallest absolute Gasteiger partial charge is 0.407 e. The van der Waals surface area contributed by atoms with Crippen molar-refractivity contribution in [1.82, 2.24) is 10.2 Å². The highest BCUT2D eigenvalue weighted by atomic mass is 32.2. The van der Waals surface area contributed by atoms with E-state index >= 15 is 0 Å². The Kier molecular flexibility index (Phi) is 4.24. The predicted octanol–water partition coefficient (Wildman–Crippen LogP) is 0.551. The topological polar surface area (TPSA) is 86.7 Å². The van der Waals surface area contributed by atoms with E-state index < -0.39 is 27.8 Å². The molecule has 1 atom stereocenters. The van der Waals surface area contributed by atoms with Crippen molar-refractivity contribution in [3.05, 3.63) is 30.1 Å². The third-order valence-electron chi connectivity index (χ3n) is 3.10. The molecule has 1 aromatic carbocycles. The Balaban J connectivity index is 2.10. The third kappa shape index (κ3) is 3.45. The lowest BCUT2D eigenvalue weighted by Crippen LogP contribution is -2.54. The number of hydrogen-bond acceptors (Lipinski definition) is 4. The van der Waals surface area contributed by atoms with E-state index in [-0.39, 0.29) is 17.2 Å². The van der Waals surface area contributed by atoms with Crippen molar-refractivity contribution in [2.75, 3.05) is 25.4 Å². The molecular weight excluding hydrogens is 287 g/mol. The fourth-order valence-electron chi connectivity index (χ4n) is 2.13. The van der Waals surface area contributed by atoms with Crippen LogP contribution in [-0.4, -0.2) is 55.9 Å². The zero-order valence-electron chi connectivity index (χ0n) is 10.6. The van der Waals surface area contributed by atoms with Crippen molar-refractivity contribution >= 4 is 15.9 Å². The first-order chi connectivity index (χ1) is 9.38. The molecule has 0 saturated carbocycles. The largest absolute Gasteiger partial charge is 0.465 e. The van der Waals surface area contributed by atoms with Crippen molar-refractivity contribution in [3.63, 3.8) is 0 Å². The Morgan fingerprint density at radius 1 is 1.50 bits per heavy atom. The van der Waals surface area contributed by atoms with E-state index in [0.717, 1.165) is 6.07 Å². The number of sulfone groups is 1. The van der Waals surface area contributed by atoms with Gasteiger partial charge in [0.15, 0.2) is 9.84 Å². The highest BCUT2D eigenvalue weighted by Gasteiger charge is 2.27. The van der Waals surface area contributed by atoms with Gasteiger partial charge in [0.05, 0.1) is 10.6 Å². The molecule has 1 aliphatic heterocycles. The molecule has 1 heterocycles. The van der Waals surface area contributed by atoms with Crippen molar-refractivity contribution in [2.45, 2.75) is 10.9 Å². The van der Waals surface area contributed by atoms with Gasteiger partial charge in [-0.15, -0.1) is 0 Å². The lowest BCUT2D eigenvalue weighted by molar-refractivity contribution is 0.131. The first-order valence-corrected chi connectivity index (χ1v) is 7.73. The molecule has 6 nitrogen and oxygen atoms in total. The third-order valence-corrected chi connectivity index (χ3v) is 4.92. The number of hydrogen-bond donors (Lipinski definition) is 2. The van der Waals surface area contributed by atoms with Gasteiger partial charge in [-0.2, -0.15) is 0 Å². The fourth-order valence-corrected chi connectivity index (χ4v) is 3.66. The Morgan fingerprint density at radius 2 is 2.25 bits per heavy atom. The number of nitrogens with zero attached hydrogens (tertiary/aromatic N) is 1. The van der Waals surface area contributed by atoms with E-state index in [1.165, 1.54) is 23.1 Å². The van der Waals surface area contributed by atoms with E-state index in [9.17, 15) is 17.6 Å². The maximum Gasteiger partial charge on any atom is 0.407 e. The molecule has 1 aliphatic rings. The second-order valence-corrected chi connectivity index (χ2v) is 6.65. The number of piperazine rings is 1. The van der Waals surface area contributed by atoms with Gasteiger partial charge in [-0.05, 0) is 18.2 Å². The second-order valence-electron chi connectivity index (χ2n) is 4.62. The summed E-state index contributed by atoms with van der Waals surface area (Å²) in [6.45, 7) is 0.825. The van der Waals surface area contributed by atoms with Gasteiger partial charge >= 0.3 is 6.09 Å². The highest BCUT2D eigenvalue weighted by Crippen LogP contribution is 2.14. The molecule has 0 radical (unpaired) electrons. The van der Waals surface area contributed by atoms with Crippen molar-refractivity contribution in [2.24, 2.45) is 0 Å². The summed E-state index contributed by atoms with van der Waals surface area (Å²) in [5.41, 5.74) is 0. The summed E-state index contributed by atoms with van der Waals surface area (Å²) < 4.78 is 37.4. The maximum atomic E-state index is 13.1. The SMILES string of the molecule is O=C(O)N1CCN[C@H](CS(=O)(=O)c2cccc(F)c2)C1. The summed E-state index contributed by atoms with van der Waals surface area (Å²) in [5.74, 6) is -0.880. The molecule has 0 unspecified atom stereocenters. The van der Waals surface area contributed by atoms with Gasteiger partial charge in [0.2, 0.25) is 0 Å². The first-order valence-electron chi connectivity index (χ1n) is 6.08. The van der Waals surface area contributed by atoms with Crippen LogP contribution in [0.4, 0.5) is 9.18 Å². The van der Waals surface area contributed by atoms with E-state index in [1.54, 1.807) is 0 Å². The summed E-state index contributed by atoms with van der Waals surface area (Å²) >= 11 is 0. The quantitative estimate of drug-likeness (QED) is 0.851. The Hall–Kier alpha value is -1.67. The number of rotatable bonds is 3. The number of carbonyl (C=O) groups is 1. The molecule has 0 aliphatic carbocycles. The minimum atomic E-state index is -3.65. The van der Waals surface area contributed by atoms with Gasteiger partial charge in [0.1, 0.15) is 5.82 Å². The molecule has 1 fully saturated rings. The van der Waals surface area contributed by atoms with Crippen LogP contribution >= 0.6 is 0 Å². The summed E-state index contributed by atoms with van der Waals surface area (Å²) in [6.07, 6.45) is -1.07. The normalized spacial score (nSPS) is 19.9. The van der Waals surface area contributed by atoms with E-state index in [2.05, 4.69) is 5.32 Å². The molecule has 0 bridgehead atoms. The van der Waals surface area contributed by atoms with Crippen LogP contribution in [-0.2, 0) is 9.84 Å². The Morgan fingerprint density at radius 3 is 2.90 bits per heavy atom. The lowest BCUT2D eigenvalue weighted by atomic mass is 10.2. The van der Waals surface area contributed by atoms with Crippen LogP contribution in [0, 0.1) is 5.82 Å². The minimum Gasteiger partial charge on any atom is -0.465 e. The summed E-state index contributed by atoms with van der Waals surface area (Å²) in [6, 6.07) is 4.31. The van der Waals surface area contributed by atoms with Gasteiger partial charge in [-0.1, -0.05) is 6.07 Å². The maximum absolute atomic E-state index is 13.1. The average molecular weight is 302 g/mol. The number of nitrogens with one attached hydrogen (secondary N) is 1. The predicted molar refractivity (Wildman–Crippen MR) is 69.8 cm³/mol. The number of benzene rings is 1. The Labute approximate surface area is 116 Å². The van der Waals surface area contributed by atoms with E-state index in [4.69, 9.17) is 5.11 Å². The molecule has 2 rings (SSSR count). The number of halogens is 1. The van der Waals surface area contributed by atoms with Crippen LogP contribution in [0.1, 0.15) is 0 Å². The number of amides is 1. The summed E-state index contributed by atoms with van der Waals surface area (Å²) in [4.78, 5) is 12.0. The van der Waals surface area contributed by atoms with Crippen LogP contribution in [0.25, 0.3) is 0 Å². The summed E-state index contributed by atoms with van der Waals surface area (Å²) in [5, 5.41) is 11.9. The molecule has 0 spiro atoms. The Bertz CT molecular complexity index is 605. The van der Waals surface area contributed by atoms with Gasteiger partial charge < -0.3 is 15.3 Å². The molecule has 1 aromatic rings. The van der Waals surface area contributed by atoms with E-state index in [0.29, 0.717) is 13.1 Å². The van der Waals surface area contributed by atoms with Gasteiger partial charge in [-0.25, -0.2) is 17.6 Å². The van der Waals surface area contributed by atoms with Crippen molar-refractivity contribution in [3.8, 4) is 0 Å². The molecule has 8 heteroatoms. The minimum absolute atomic E-state index is 0.0910. The molecular formula is C12H15FN2O4S. The van der Waals surface area contributed by atoms with Crippen LogP contribution in [0.3, 0.4) is 0 Å². The van der Waals surface area contributed by atoms with Crippen molar-refractivity contribution < 1.29 is 22.7 Å². The molecule has 0 aromatic heterocycles. The second kappa shape index (κ2) is 5.76. The van der Waals surface area contributed by atoms with E-state index in [1.807, 2.05) is 0 Å². The molecule has 110 valence electrons. The molecule has 2 N–H and O–H groups in total. The first kappa shape index (κ1) is 14.7. The average Bonchev–Trinajstić information content (AvgIpc) is 2.38. The summed E-state index contributed by atoms with van der Waals surface area (Å²) in [7, 11) is -3.65. The monoisotopic (exact) mass is 302 g/mol. The fraction of sp³-hybridized carbons (Fsp3) is 0.417. The van der Waals surface area contributed by atoms with Crippen molar-refractivity contribution in [1.29, 1.82) is 0 Å².